The quantitative estimate of drug-likeness (QED) is 0.920. The van der Waals surface area contributed by atoms with Crippen molar-refractivity contribution in [3.63, 3.8) is 0 Å². The molecule has 1 aliphatic carbocycles. The van der Waals surface area contributed by atoms with E-state index in [0.717, 1.165) is 11.4 Å². The molecular formula is C16H20N2O2S. The zero-order valence-electron chi connectivity index (χ0n) is 12.4. The summed E-state index contributed by atoms with van der Waals surface area (Å²) >= 11 is 1.86. The highest BCUT2D eigenvalue weighted by Gasteiger charge is 2.21. The van der Waals surface area contributed by atoms with Crippen molar-refractivity contribution in [2.24, 2.45) is 0 Å². The van der Waals surface area contributed by atoms with Gasteiger partial charge in [-0.2, -0.15) is 0 Å². The van der Waals surface area contributed by atoms with Crippen molar-refractivity contribution in [2.75, 3.05) is 14.2 Å². The third-order valence-corrected chi connectivity index (χ3v) is 4.93. The highest BCUT2D eigenvalue weighted by Crippen LogP contribution is 2.34. The number of hydrogen-bond acceptors (Lipinski definition) is 5. The van der Waals surface area contributed by atoms with Crippen molar-refractivity contribution >= 4 is 11.3 Å². The smallest absolute Gasteiger partial charge is 0.183 e. The van der Waals surface area contributed by atoms with E-state index in [-0.39, 0.29) is 0 Å². The molecule has 21 heavy (non-hydrogen) atoms. The molecule has 0 aromatic carbocycles. The van der Waals surface area contributed by atoms with Crippen LogP contribution in [-0.2, 0) is 13.0 Å². The number of aryl methyl sites for hydroxylation is 1. The van der Waals surface area contributed by atoms with Gasteiger partial charge in [-0.25, -0.2) is 0 Å². The third kappa shape index (κ3) is 2.89. The van der Waals surface area contributed by atoms with Gasteiger partial charge < -0.3 is 14.8 Å². The van der Waals surface area contributed by atoms with Crippen molar-refractivity contribution in [3.05, 3.63) is 39.8 Å². The predicted octanol–water partition coefficient (Wildman–Crippen LogP) is 3.33. The molecule has 0 amide bonds. The van der Waals surface area contributed by atoms with E-state index < -0.39 is 0 Å². The van der Waals surface area contributed by atoms with Crippen LogP contribution >= 0.6 is 11.3 Å². The molecule has 0 bridgehead atoms. The summed E-state index contributed by atoms with van der Waals surface area (Å²) < 4.78 is 10.8. The van der Waals surface area contributed by atoms with Crippen LogP contribution in [0.3, 0.4) is 0 Å². The van der Waals surface area contributed by atoms with E-state index in [9.17, 15) is 0 Å². The van der Waals surface area contributed by atoms with Crippen LogP contribution in [0.25, 0.3) is 0 Å². The molecule has 0 saturated heterocycles. The molecule has 5 heteroatoms. The second-order valence-electron chi connectivity index (χ2n) is 5.12. The van der Waals surface area contributed by atoms with Crippen molar-refractivity contribution in [3.8, 4) is 11.5 Å². The van der Waals surface area contributed by atoms with Gasteiger partial charge in [-0.1, -0.05) is 0 Å². The first kappa shape index (κ1) is 14.4. The summed E-state index contributed by atoms with van der Waals surface area (Å²) in [7, 11) is 3.30. The molecule has 1 aliphatic rings. The first-order chi connectivity index (χ1) is 10.3. The Kier molecular flexibility index (Phi) is 4.41. The number of hydrogen-bond donors (Lipinski definition) is 1. The lowest BCUT2D eigenvalue weighted by molar-refractivity contribution is 0.346. The number of rotatable bonds is 5. The number of nitrogens with one attached hydrogen (secondary N) is 1. The summed E-state index contributed by atoms with van der Waals surface area (Å²) in [6.07, 6.45) is 5.39. The van der Waals surface area contributed by atoms with Crippen molar-refractivity contribution in [1.82, 2.24) is 10.3 Å². The molecule has 2 aromatic heterocycles. The highest BCUT2D eigenvalue weighted by molar-refractivity contribution is 7.10. The Balaban J connectivity index is 1.75. The minimum atomic E-state index is 0.415. The van der Waals surface area contributed by atoms with E-state index in [2.05, 4.69) is 21.7 Å². The number of thiophene rings is 1. The molecule has 2 heterocycles. The van der Waals surface area contributed by atoms with E-state index >= 15 is 0 Å². The van der Waals surface area contributed by atoms with Gasteiger partial charge in [-0.05, 0) is 36.3 Å². The molecule has 1 unspecified atom stereocenters. The minimum absolute atomic E-state index is 0.415. The molecular weight excluding hydrogens is 284 g/mol. The van der Waals surface area contributed by atoms with Crippen molar-refractivity contribution in [2.45, 2.75) is 31.8 Å². The molecule has 2 aromatic rings. The zero-order valence-corrected chi connectivity index (χ0v) is 13.2. The molecule has 1 atom stereocenters. The Labute approximate surface area is 129 Å². The first-order valence-corrected chi connectivity index (χ1v) is 8.07. The number of fused-ring (bicyclic) bond motifs is 1. The Morgan fingerprint density at radius 3 is 3.05 bits per heavy atom. The second kappa shape index (κ2) is 6.45. The average molecular weight is 304 g/mol. The van der Waals surface area contributed by atoms with E-state index in [0.29, 0.717) is 18.3 Å². The molecule has 0 fully saturated rings. The van der Waals surface area contributed by atoms with Gasteiger partial charge in [0, 0.05) is 29.7 Å². The zero-order chi connectivity index (χ0) is 14.7. The van der Waals surface area contributed by atoms with Crippen LogP contribution in [0.2, 0.25) is 0 Å². The van der Waals surface area contributed by atoms with Crippen LogP contribution < -0.4 is 14.8 Å². The topological polar surface area (TPSA) is 43.4 Å². The second-order valence-corrected chi connectivity index (χ2v) is 6.12. The number of ether oxygens (including phenoxy) is 2. The number of methoxy groups -OCH3 is 2. The Morgan fingerprint density at radius 2 is 2.24 bits per heavy atom. The van der Waals surface area contributed by atoms with Gasteiger partial charge in [0.2, 0.25) is 0 Å². The largest absolute Gasteiger partial charge is 0.493 e. The molecule has 0 aliphatic heterocycles. The summed E-state index contributed by atoms with van der Waals surface area (Å²) in [4.78, 5) is 5.94. The van der Waals surface area contributed by atoms with Crippen LogP contribution in [0, 0.1) is 0 Å². The van der Waals surface area contributed by atoms with Crippen molar-refractivity contribution in [1.29, 1.82) is 0 Å². The van der Waals surface area contributed by atoms with Crippen molar-refractivity contribution < 1.29 is 9.47 Å². The Morgan fingerprint density at radius 1 is 1.33 bits per heavy atom. The standard InChI is InChI=1S/C16H20N2O2S/c1-19-14-6-8-17-13(16(14)20-2)10-18-12-4-3-5-15-11(12)7-9-21-15/h6-9,12,18H,3-5,10H2,1-2H3. The molecule has 4 nitrogen and oxygen atoms in total. The van der Waals surface area contributed by atoms with Crippen LogP contribution in [0.1, 0.15) is 35.0 Å². The fraction of sp³-hybridized carbons (Fsp3) is 0.438. The number of aromatic nitrogens is 1. The summed E-state index contributed by atoms with van der Waals surface area (Å²) in [5, 5.41) is 5.80. The molecule has 3 rings (SSSR count). The van der Waals surface area contributed by atoms with Gasteiger partial charge >= 0.3 is 0 Å². The maximum Gasteiger partial charge on any atom is 0.183 e. The third-order valence-electron chi connectivity index (χ3n) is 3.93. The van der Waals surface area contributed by atoms with Gasteiger partial charge in [0.15, 0.2) is 11.5 Å². The monoisotopic (exact) mass is 304 g/mol. The predicted molar refractivity (Wildman–Crippen MR) is 84.2 cm³/mol. The summed E-state index contributed by atoms with van der Waals surface area (Å²) in [5.74, 6) is 1.44. The van der Waals surface area contributed by atoms with E-state index in [4.69, 9.17) is 9.47 Å². The van der Waals surface area contributed by atoms with Crippen LogP contribution in [0.4, 0.5) is 0 Å². The maximum atomic E-state index is 5.44. The lowest BCUT2D eigenvalue weighted by atomic mass is 9.94. The van der Waals surface area contributed by atoms with Gasteiger partial charge in [0.05, 0.1) is 19.9 Å². The summed E-state index contributed by atoms with van der Waals surface area (Å²) in [6, 6.07) is 4.48. The number of pyridine rings is 1. The van der Waals surface area contributed by atoms with E-state index in [1.54, 1.807) is 20.4 Å². The molecule has 112 valence electrons. The lowest BCUT2D eigenvalue weighted by Gasteiger charge is -2.24. The van der Waals surface area contributed by atoms with E-state index in [1.807, 2.05) is 17.4 Å². The summed E-state index contributed by atoms with van der Waals surface area (Å²) in [5.41, 5.74) is 2.34. The van der Waals surface area contributed by atoms with Gasteiger partial charge in [0.25, 0.3) is 0 Å². The maximum absolute atomic E-state index is 5.44. The van der Waals surface area contributed by atoms with Gasteiger partial charge in [-0.3, -0.25) is 4.98 Å². The number of nitrogens with zero attached hydrogens (tertiary/aromatic N) is 1. The van der Waals surface area contributed by atoms with Gasteiger partial charge in [0.1, 0.15) is 0 Å². The Hall–Kier alpha value is -1.59. The molecule has 0 spiro atoms. The SMILES string of the molecule is COc1ccnc(CNC2CCCc3sccc32)c1OC. The van der Waals surface area contributed by atoms with Crippen LogP contribution in [0.15, 0.2) is 23.7 Å². The van der Waals surface area contributed by atoms with Crippen LogP contribution in [-0.4, -0.2) is 19.2 Å². The summed E-state index contributed by atoms with van der Waals surface area (Å²) in [6.45, 7) is 0.681. The minimum Gasteiger partial charge on any atom is -0.493 e. The van der Waals surface area contributed by atoms with E-state index in [1.165, 1.54) is 29.7 Å². The first-order valence-electron chi connectivity index (χ1n) is 7.19. The Bertz CT molecular complexity index is 612. The lowest BCUT2D eigenvalue weighted by Crippen LogP contribution is -2.24. The molecule has 0 radical (unpaired) electrons. The fourth-order valence-corrected chi connectivity index (χ4v) is 3.88. The van der Waals surface area contributed by atoms with Gasteiger partial charge in [-0.15, -0.1) is 11.3 Å². The highest BCUT2D eigenvalue weighted by atomic mass is 32.1. The normalized spacial score (nSPS) is 17.3. The molecule has 0 saturated carbocycles. The fourth-order valence-electron chi connectivity index (χ4n) is 2.89. The van der Waals surface area contributed by atoms with Crippen LogP contribution in [0.5, 0.6) is 11.5 Å². The molecule has 1 N–H and O–H groups in total. The average Bonchev–Trinajstić information content (AvgIpc) is 3.01.